The average molecular weight is 331 g/mol. The number of nitrogens with zero attached hydrogens (tertiary/aromatic N) is 4. The molecule has 0 aliphatic rings. The van der Waals surface area contributed by atoms with Crippen molar-refractivity contribution in [3.8, 4) is 11.4 Å². The van der Waals surface area contributed by atoms with E-state index in [1.165, 1.54) is 12.1 Å². The first-order valence-corrected chi connectivity index (χ1v) is 7.56. The van der Waals surface area contributed by atoms with Gasteiger partial charge in [-0.25, -0.2) is 19.7 Å². The highest BCUT2D eigenvalue weighted by atomic mass is 16.4. The van der Waals surface area contributed by atoms with E-state index in [-0.39, 0.29) is 5.56 Å². The van der Waals surface area contributed by atoms with Crippen LogP contribution in [0.2, 0.25) is 0 Å². The topological polar surface area (TPSA) is 92.4 Å². The van der Waals surface area contributed by atoms with E-state index in [1.807, 2.05) is 34.9 Å². The predicted octanol–water partition coefficient (Wildman–Crippen LogP) is 3.23. The first-order chi connectivity index (χ1) is 12.2. The molecule has 0 fully saturated rings. The summed E-state index contributed by atoms with van der Waals surface area (Å²) in [6.45, 7) is 0. The summed E-state index contributed by atoms with van der Waals surface area (Å²) in [5.41, 5.74) is 3.38. The Morgan fingerprint density at radius 1 is 1.04 bits per heavy atom. The Labute approximate surface area is 142 Å². The van der Waals surface area contributed by atoms with Gasteiger partial charge < -0.3 is 10.4 Å². The molecule has 0 spiro atoms. The highest BCUT2D eigenvalue weighted by Crippen LogP contribution is 2.21. The lowest BCUT2D eigenvalue weighted by Crippen LogP contribution is -2.00. The van der Waals surface area contributed by atoms with Crippen LogP contribution in [0.1, 0.15) is 10.4 Å². The minimum Gasteiger partial charge on any atom is -0.478 e. The zero-order valence-corrected chi connectivity index (χ0v) is 13.0. The molecular weight excluding hydrogens is 318 g/mol. The molecule has 1 aromatic carbocycles. The number of hydrogen-bond donors (Lipinski definition) is 2. The lowest BCUT2D eigenvalue weighted by atomic mass is 10.2. The first kappa shape index (κ1) is 14.8. The zero-order chi connectivity index (χ0) is 17.2. The summed E-state index contributed by atoms with van der Waals surface area (Å²) >= 11 is 0. The quantitative estimate of drug-likeness (QED) is 0.596. The number of imidazole rings is 1. The molecule has 122 valence electrons. The van der Waals surface area contributed by atoms with Crippen LogP contribution in [0.15, 0.2) is 67.1 Å². The lowest BCUT2D eigenvalue weighted by Gasteiger charge is -2.07. The molecular formula is C18H13N5O2. The van der Waals surface area contributed by atoms with Gasteiger partial charge in [0.25, 0.3) is 0 Å². The van der Waals surface area contributed by atoms with Crippen LogP contribution in [0.3, 0.4) is 0 Å². The Morgan fingerprint density at radius 3 is 2.68 bits per heavy atom. The summed E-state index contributed by atoms with van der Waals surface area (Å²) in [5, 5.41) is 12.0. The van der Waals surface area contributed by atoms with Crippen molar-refractivity contribution in [1.82, 2.24) is 19.4 Å². The number of pyridine rings is 1. The summed E-state index contributed by atoms with van der Waals surface area (Å²) in [5.74, 6) is -0.538. The van der Waals surface area contributed by atoms with Crippen molar-refractivity contribution in [2.75, 3.05) is 5.32 Å². The van der Waals surface area contributed by atoms with Crippen LogP contribution in [-0.4, -0.2) is 30.4 Å². The number of rotatable bonds is 4. The Bertz CT molecular complexity index is 1060. The molecule has 4 rings (SSSR count). The summed E-state index contributed by atoms with van der Waals surface area (Å²) in [4.78, 5) is 24.0. The number of aromatic carboxylic acids is 1. The molecule has 7 nitrogen and oxygen atoms in total. The summed E-state index contributed by atoms with van der Waals surface area (Å²) in [6, 6.07) is 14.0. The van der Waals surface area contributed by atoms with Crippen molar-refractivity contribution in [1.29, 1.82) is 0 Å². The molecule has 3 heterocycles. The van der Waals surface area contributed by atoms with Crippen LogP contribution in [0.5, 0.6) is 0 Å². The number of carbonyl (C=O) groups is 1. The van der Waals surface area contributed by atoms with Gasteiger partial charge in [0.2, 0.25) is 5.95 Å². The van der Waals surface area contributed by atoms with Crippen molar-refractivity contribution >= 4 is 23.3 Å². The molecule has 2 N–H and O–H groups in total. The Kier molecular flexibility index (Phi) is 3.59. The van der Waals surface area contributed by atoms with Crippen molar-refractivity contribution in [2.45, 2.75) is 0 Å². The fourth-order valence-corrected chi connectivity index (χ4v) is 2.51. The van der Waals surface area contributed by atoms with Crippen molar-refractivity contribution in [3.63, 3.8) is 0 Å². The van der Waals surface area contributed by atoms with Crippen LogP contribution in [0.4, 0.5) is 11.6 Å². The van der Waals surface area contributed by atoms with E-state index in [4.69, 9.17) is 5.11 Å². The second kappa shape index (κ2) is 6.04. The minimum absolute atomic E-state index is 0.228. The fourth-order valence-electron chi connectivity index (χ4n) is 2.51. The molecule has 7 heteroatoms. The first-order valence-electron chi connectivity index (χ1n) is 7.56. The third-order valence-corrected chi connectivity index (χ3v) is 3.72. The SMILES string of the molecule is O=C(O)c1ccc(Nc2nccc(-c3cnc4ccccn34)n2)cc1. The molecule has 0 radical (unpaired) electrons. The van der Waals surface area contributed by atoms with E-state index < -0.39 is 5.97 Å². The number of aromatic nitrogens is 4. The standard InChI is InChI=1S/C18H13N5O2/c24-17(25)12-4-6-13(7-5-12)21-18-19-9-8-14(22-18)15-11-20-16-3-1-2-10-23(15)16/h1-11H,(H,24,25)(H,19,21,22). The van der Waals surface area contributed by atoms with Gasteiger partial charge in [-0.15, -0.1) is 0 Å². The van der Waals surface area contributed by atoms with Gasteiger partial charge in [0.1, 0.15) is 5.65 Å². The van der Waals surface area contributed by atoms with Crippen LogP contribution >= 0.6 is 0 Å². The molecule has 0 saturated carbocycles. The molecule has 0 bridgehead atoms. The Hall–Kier alpha value is -3.74. The van der Waals surface area contributed by atoms with Crippen LogP contribution < -0.4 is 5.32 Å². The molecule has 3 aromatic heterocycles. The maximum Gasteiger partial charge on any atom is 0.335 e. The lowest BCUT2D eigenvalue weighted by molar-refractivity contribution is 0.0697. The smallest absolute Gasteiger partial charge is 0.335 e. The van der Waals surface area contributed by atoms with E-state index >= 15 is 0 Å². The van der Waals surface area contributed by atoms with E-state index in [9.17, 15) is 4.79 Å². The maximum absolute atomic E-state index is 10.9. The number of carboxylic acid groups (broad SMARTS) is 1. The number of carboxylic acids is 1. The van der Waals surface area contributed by atoms with Gasteiger partial charge in [-0.05, 0) is 42.5 Å². The van der Waals surface area contributed by atoms with Gasteiger partial charge in [-0.1, -0.05) is 6.07 Å². The molecule has 0 amide bonds. The largest absolute Gasteiger partial charge is 0.478 e. The number of anilines is 2. The second-order valence-corrected chi connectivity index (χ2v) is 5.35. The molecule has 0 aliphatic carbocycles. The molecule has 0 unspecified atom stereocenters. The monoisotopic (exact) mass is 331 g/mol. The van der Waals surface area contributed by atoms with E-state index in [0.717, 1.165) is 17.0 Å². The molecule has 25 heavy (non-hydrogen) atoms. The summed E-state index contributed by atoms with van der Waals surface area (Å²) < 4.78 is 1.95. The zero-order valence-electron chi connectivity index (χ0n) is 13.0. The van der Waals surface area contributed by atoms with E-state index in [2.05, 4.69) is 20.3 Å². The van der Waals surface area contributed by atoms with E-state index in [0.29, 0.717) is 11.6 Å². The van der Waals surface area contributed by atoms with Crippen LogP contribution in [-0.2, 0) is 0 Å². The summed E-state index contributed by atoms with van der Waals surface area (Å²) in [6.07, 6.45) is 5.36. The molecule has 4 aromatic rings. The van der Waals surface area contributed by atoms with E-state index in [1.54, 1.807) is 24.5 Å². The Balaban J connectivity index is 1.64. The molecule has 0 atom stereocenters. The van der Waals surface area contributed by atoms with Gasteiger partial charge in [-0.3, -0.25) is 4.40 Å². The predicted molar refractivity (Wildman–Crippen MR) is 92.9 cm³/mol. The number of hydrogen-bond acceptors (Lipinski definition) is 5. The molecule has 0 aliphatic heterocycles. The molecule has 0 saturated heterocycles. The van der Waals surface area contributed by atoms with Gasteiger partial charge in [0.15, 0.2) is 0 Å². The number of fused-ring (bicyclic) bond motifs is 1. The minimum atomic E-state index is -0.961. The van der Waals surface area contributed by atoms with Crippen LogP contribution in [0, 0.1) is 0 Å². The highest BCUT2D eigenvalue weighted by molar-refractivity contribution is 5.88. The van der Waals surface area contributed by atoms with Gasteiger partial charge >= 0.3 is 5.97 Å². The average Bonchev–Trinajstić information content (AvgIpc) is 3.06. The number of benzene rings is 1. The van der Waals surface area contributed by atoms with Crippen molar-refractivity contribution in [2.24, 2.45) is 0 Å². The van der Waals surface area contributed by atoms with Crippen molar-refractivity contribution < 1.29 is 9.90 Å². The third kappa shape index (κ3) is 2.90. The number of nitrogens with one attached hydrogen (secondary N) is 1. The van der Waals surface area contributed by atoms with Crippen LogP contribution in [0.25, 0.3) is 17.0 Å². The fraction of sp³-hybridized carbons (Fsp3) is 0. The van der Waals surface area contributed by atoms with Gasteiger partial charge in [0, 0.05) is 18.1 Å². The van der Waals surface area contributed by atoms with Crippen molar-refractivity contribution in [3.05, 3.63) is 72.7 Å². The third-order valence-electron chi connectivity index (χ3n) is 3.72. The van der Waals surface area contributed by atoms with Gasteiger partial charge in [-0.2, -0.15) is 0 Å². The summed E-state index contributed by atoms with van der Waals surface area (Å²) in [7, 11) is 0. The Morgan fingerprint density at radius 2 is 1.88 bits per heavy atom. The second-order valence-electron chi connectivity index (χ2n) is 5.35. The highest BCUT2D eigenvalue weighted by Gasteiger charge is 2.08. The van der Waals surface area contributed by atoms with Gasteiger partial charge in [0.05, 0.1) is 23.1 Å². The maximum atomic E-state index is 10.9. The normalized spacial score (nSPS) is 10.7.